The zero-order valence-corrected chi connectivity index (χ0v) is 11.5. The van der Waals surface area contributed by atoms with E-state index in [0.717, 1.165) is 11.3 Å². The maximum absolute atomic E-state index is 5.87. The van der Waals surface area contributed by atoms with Gasteiger partial charge in [0, 0.05) is 5.56 Å². The molecule has 2 heteroatoms. The predicted octanol–water partition coefficient (Wildman–Crippen LogP) is 4.64. The smallest absolute Gasteiger partial charge is 0.124 e. The maximum atomic E-state index is 5.87. The Labute approximate surface area is 122 Å². The first kappa shape index (κ1) is 11.9. The van der Waals surface area contributed by atoms with E-state index in [1.807, 2.05) is 18.2 Å². The fraction of sp³-hybridized carbons (Fsp3) is 0. The Morgan fingerprint density at radius 3 is 1.90 bits per heavy atom. The largest absolute Gasteiger partial charge is 0.384 e. The van der Waals surface area contributed by atoms with E-state index in [1.165, 1.54) is 21.5 Å². The van der Waals surface area contributed by atoms with Gasteiger partial charge in [0.2, 0.25) is 0 Å². The maximum Gasteiger partial charge on any atom is 0.124 e. The molecule has 1 aromatic heterocycles. The summed E-state index contributed by atoms with van der Waals surface area (Å²) < 4.78 is 0. The van der Waals surface area contributed by atoms with Crippen LogP contribution in [0.5, 0.6) is 0 Å². The van der Waals surface area contributed by atoms with E-state index >= 15 is 0 Å². The summed E-state index contributed by atoms with van der Waals surface area (Å²) in [6.07, 6.45) is 0. The van der Waals surface area contributed by atoms with Gasteiger partial charge in [-0.2, -0.15) is 0 Å². The SMILES string of the molecule is Nc1cccc(-c2c3ccccc3cc3ccccc23)n1. The second-order valence-corrected chi connectivity index (χ2v) is 5.14. The third kappa shape index (κ3) is 1.93. The highest BCUT2D eigenvalue weighted by atomic mass is 14.8. The summed E-state index contributed by atoms with van der Waals surface area (Å²) in [6.45, 7) is 0. The molecule has 2 nitrogen and oxygen atoms in total. The Kier molecular flexibility index (Phi) is 2.61. The number of aromatic nitrogens is 1. The van der Waals surface area contributed by atoms with Gasteiger partial charge in [-0.3, -0.25) is 0 Å². The summed E-state index contributed by atoms with van der Waals surface area (Å²) >= 11 is 0. The fourth-order valence-electron chi connectivity index (χ4n) is 2.88. The minimum atomic E-state index is 0.546. The summed E-state index contributed by atoms with van der Waals surface area (Å²) in [5.41, 5.74) is 7.94. The minimum absolute atomic E-state index is 0.546. The van der Waals surface area contributed by atoms with Crippen molar-refractivity contribution in [3.8, 4) is 11.3 Å². The van der Waals surface area contributed by atoms with E-state index in [-0.39, 0.29) is 0 Å². The lowest BCUT2D eigenvalue weighted by molar-refractivity contribution is 1.34. The first-order chi connectivity index (χ1) is 10.3. The summed E-state index contributed by atoms with van der Waals surface area (Å²) in [7, 11) is 0. The van der Waals surface area contributed by atoms with Crippen molar-refractivity contribution in [2.24, 2.45) is 0 Å². The number of pyridine rings is 1. The predicted molar refractivity (Wildman–Crippen MR) is 89.1 cm³/mol. The molecule has 4 aromatic rings. The van der Waals surface area contributed by atoms with E-state index in [2.05, 4.69) is 59.6 Å². The molecule has 2 N–H and O–H groups in total. The number of anilines is 1. The molecule has 3 aromatic carbocycles. The van der Waals surface area contributed by atoms with Crippen LogP contribution in [0, 0.1) is 0 Å². The Bertz CT molecular complexity index is 904. The summed E-state index contributed by atoms with van der Waals surface area (Å²) in [5.74, 6) is 0.546. The average Bonchev–Trinajstić information content (AvgIpc) is 2.52. The number of hydrogen-bond acceptors (Lipinski definition) is 2. The van der Waals surface area contributed by atoms with Gasteiger partial charge in [-0.15, -0.1) is 0 Å². The van der Waals surface area contributed by atoms with Crippen LogP contribution in [0.3, 0.4) is 0 Å². The summed E-state index contributed by atoms with van der Waals surface area (Å²) in [6, 6.07) is 24.8. The Morgan fingerprint density at radius 1 is 0.667 bits per heavy atom. The Hall–Kier alpha value is -2.87. The molecule has 0 unspecified atom stereocenters. The topological polar surface area (TPSA) is 38.9 Å². The van der Waals surface area contributed by atoms with Crippen LogP contribution in [0.4, 0.5) is 5.82 Å². The highest BCUT2D eigenvalue weighted by molar-refractivity contribution is 6.12. The molecule has 1 heterocycles. The molecule has 0 radical (unpaired) electrons. The second-order valence-electron chi connectivity index (χ2n) is 5.14. The third-order valence-corrected chi connectivity index (χ3v) is 3.80. The summed E-state index contributed by atoms with van der Waals surface area (Å²) in [4.78, 5) is 4.52. The van der Waals surface area contributed by atoms with Crippen molar-refractivity contribution in [2.75, 3.05) is 5.73 Å². The number of nitrogens with two attached hydrogens (primary N) is 1. The van der Waals surface area contributed by atoms with Crippen LogP contribution in [-0.2, 0) is 0 Å². The monoisotopic (exact) mass is 270 g/mol. The van der Waals surface area contributed by atoms with Gasteiger partial charge in [-0.25, -0.2) is 4.98 Å². The van der Waals surface area contributed by atoms with Gasteiger partial charge in [0.1, 0.15) is 5.82 Å². The number of fused-ring (bicyclic) bond motifs is 2. The number of nitrogen functional groups attached to an aromatic ring is 1. The highest BCUT2D eigenvalue weighted by Crippen LogP contribution is 2.35. The lowest BCUT2D eigenvalue weighted by Gasteiger charge is -2.11. The molecule has 0 spiro atoms. The van der Waals surface area contributed by atoms with E-state index in [9.17, 15) is 0 Å². The molecule has 0 bridgehead atoms. The van der Waals surface area contributed by atoms with Gasteiger partial charge in [0.25, 0.3) is 0 Å². The van der Waals surface area contributed by atoms with Crippen LogP contribution in [0.2, 0.25) is 0 Å². The zero-order valence-electron chi connectivity index (χ0n) is 11.5. The van der Waals surface area contributed by atoms with Crippen molar-refractivity contribution >= 4 is 27.4 Å². The number of benzene rings is 3. The van der Waals surface area contributed by atoms with E-state index in [0.29, 0.717) is 5.82 Å². The third-order valence-electron chi connectivity index (χ3n) is 3.80. The molecule has 21 heavy (non-hydrogen) atoms. The van der Waals surface area contributed by atoms with Gasteiger partial charge in [0.05, 0.1) is 5.69 Å². The van der Waals surface area contributed by atoms with Crippen molar-refractivity contribution in [3.05, 3.63) is 72.8 Å². The van der Waals surface area contributed by atoms with E-state index in [4.69, 9.17) is 5.73 Å². The quantitative estimate of drug-likeness (QED) is 0.512. The highest BCUT2D eigenvalue weighted by Gasteiger charge is 2.10. The van der Waals surface area contributed by atoms with Crippen LogP contribution in [-0.4, -0.2) is 4.98 Å². The molecule has 0 atom stereocenters. The molecule has 0 amide bonds. The van der Waals surface area contributed by atoms with Gasteiger partial charge < -0.3 is 5.73 Å². The number of rotatable bonds is 1. The number of hydrogen-bond donors (Lipinski definition) is 1. The first-order valence-corrected chi connectivity index (χ1v) is 6.96. The molecule has 0 fully saturated rings. The second kappa shape index (κ2) is 4.60. The molecule has 4 rings (SSSR count). The van der Waals surface area contributed by atoms with Crippen molar-refractivity contribution in [1.29, 1.82) is 0 Å². The molecule has 100 valence electrons. The van der Waals surface area contributed by atoms with Gasteiger partial charge in [0.15, 0.2) is 0 Å². The van der Waals surface area contributed by atoms with Crippen LogP contribution in [0.25, 0.3) is 32.8 Å². The molecule has 0 aliphatic rings. The molecular formula is C19H14N2. The Balaban J connectivity index is 2.21. The van der Waals surface area contributed by atoms with Crippen LogP contribution < -0.4 is 5.73 Å². The van der Waals surface area contributed by atoms with Gasteiger partial charge in [-0.1, -0.05) is 54.6 Å². The fourth-order valence-corrected chi connectivity index (χ4v) is 2.88. The lowest BCUT2D eigenvalue weighted by Crippen LogP contribution is -1.93. The molecule has 0 saturated carbocycles. The molecule has 0 aliphatic heterocycles. The number of nitrogens with zero attached hydrogens (tertiary/aromatic N) is 1. The van der Waals surface area contributed by atoms with E-state index < -0.39 is 0 Å². The van der Waals surface area contributed by atoms with Crippen LogP contribution >= 0.6 is 0 Å². The molecule has 0 aliphatic carbocycles. The van der Waals surface area contributed by atoms with Crippen molar-refractivity contribution < 1.29 is 0 Å². The zero-order chi connectivity index (χ0) is 14.2. The van der Waals surface area contributed by atoms with E-state index in [1.54, 1.807) is 0 Å². The molecule has 0 saturated heterocycles. The van der Waals surface area contributed by atoms with Crippen molar-refractivity contribution in [1.82, 2.24) is 4.98 Å². The van der Waals surface area contributed by atoms with Gasteiger partial charge in [-0.05, 0) is 39.7 Å². The average molecular weight is 270 g/mol. The normalized spacial score (nSPS) is 11.0. The summed E-state index contributed by atoms with van der Waals surface area (Å²) in [5, 5.41) is 4.84. The van der Waals surface area contributed by atoms with Crippen LogP contribution in [0.15, 0.2) is 72.8 Å². The van der Waals surface area contributed by atoms with Crippen molar-refractivity contribution in [3.63, 3.8) is 0 Å². The standard InChI is InChI=1S/C19H14N2/c20-18-11-5-10-17(21-18)19-15-8-3-1-6-13(15)12-14-7-2-4-9-16(14)19/h1-12H,(H2,20,21). The van der Waals surface area contributed by atoms with Crippen molar-refractivity contribution in [2.45, 2.75) is 0 Å². The Morgan fingerprint density at radius 2 is 1.29 bits per heavy atom. The first-order valence-electron chi connectivity index (χ1n) is 6.96. The molecular weight excluding hydrogens is 256 g/mol. The van der Waals surface area contributed by atoms with Gasteiger partial charge >= 0.3 is 0 Å². The minimum Gasteiger partial charge on any atom is -0.384 e. The lowest BCUT2D eigenvalue weighted by atomic mass is 9.94. The van der Waals surface area contributed by atoms with Crippen LogP contribution in [0.1, 0.15) is 0 Å².